The van der Waals surface area contributed by atoms with Crippen LogP contribution >= 0.6 is 11.8 Å². The summed E-state index contributed by atoms with van der Waals surface area (Å²) in [7, 11) is 0. The molecule has 4 rings (SSSR count). The van der Waals surface area contributed by atoms with Gasteiger partial charge in [0.1, 0.15) is 5.82 Å². The molecule has 0 saturated carbocycles. The first-order valence-corrected chi connectivity index (χ1v) is 12.2. The zero-order chi connectivity index (χ0) is 23.9. The lowest BCUT2D eigenvalue weighted by molar-refractivity contribution is -0.119. The van der Waals surface area contributed by atoms with E-state index in [-0.39, 0.29) is 23.5 Å². The molecular formula is C27H27FN4OS. The molecule has 0 aliphatic carbocycles. The van der Waals surface area contributed by atoms with Crippen LogP contribution in [0.2, 0.25) is 0 Å². The fourth-order valence-corrected chi connectivity index (χ4v) is 4.51. The van der Waals surface area contributed by atoms with Crippen molar-refractivity contribution in [3.05, 3.63) is 102 Å². The van der Waals surface area contributed by atoms with Crippen molar-refractivity contribution in [2.24, 2.45) is 5.92 Å². The number of hydrogen-bond acceptors (Lipinski definition) is 4. The maximum Gasteiger partial charge on any atom is 0.231 e. The summed E-state index contributed by atoms with van der Waals surface area (Å²) in [4.78, 5) is 13.0. The third-order valence-corrected chi connectivity index (χ3v) is 6.25. The summed E-state index contributed by atoms with van der Waals surface area (Å²) >= 11 is 1.31. The summed E-state index contributed by atoms with van der Waals surface area (Å²) in [6.07, 6.45) is 0. The van der Waals surface area contributed by atoms with Gasteiger partial charge in [-0.2, -0.15) is 0 Å². The molecule has 1 N–H and O–H groups in total. The number of carbonyl (C=O) groups is 1. The summed E-state index contributed by atoms with van der Waals surface area (Å²) < 4.78 is 16.3. The Kier molecular flexibility index (Phi) is 7.75. The van der Waals surface area contributed by atoms with Crippen molar-refractivity contribution in [1.82, 2.24) is 20.1 Å². The highest BCUT2D eigenvalue weighted by atomic mass is 32.2. The van der Waals surface area contributed by atoms with E-state index in [1.807, 2.05) is 65.2 Å². The second-order valence-electron chi connectivity index (χ2n) is 8.40. The molecule has 1 aromatic heterocycles. The minimum absolute atomic E-state index is 0.116. The largest absolute Gasteiger partial charge is 0.344 e. The van der Waals surface area contributed by atoms with Gasteiger partial charge in [0.05, 0.1) is 17.4 Å². The lowest BCUT2D eigenvalue weighted by atomic mass is 9.99. The van der Waals surface area contributed by atoms with E-state index < -0.39 is 0 Å². The van der Waals surface area contributed by atoms with Gasteiger partial charge in [-0.3, -0.25) is 4.79 Å². The second kappa shape index (κ2) is 11.1. The van der Waals surface area contributed by atoms with Crippen LogP contribution in [0.15, 0.2) is 90.1 Å². The summed E-state index contributed by atoms with van der Waals surface area (Å²) in [5.74, 6) is 0.484. The molecule has 0 saturated heterocycles. The van der Waals surface area contributed by atoms with Gasteiger partial charge in [0, 0.05) is 6.54 Å². The molecule has 0 spiro atoms. The van der Waals surface area contributed by atoms with Crippen molar-refractivity contribution >= 4 is 17.7 Å². The summed E-state index contributed by atoms with van der Waals surface area (Å²) in [6.45, 7) is 4.78. The Bertz CT molecular complexity index is 1190. The third kappa shape index (κ3) is 5.72. The second-order valence-corrected chi connectivity index (χ2v) is 9.34. The van der Waals surface area contributed by atoms with Crippen molar-refractivity contribution in [1.29, 1.82) is 0 Å². The molecule has 0 atom stereocenters. The topological polar surface area (TPSA) is 59.8 Å². The quantitative estimate of drug-likeness (QED) is 0.314. The van der Waals surface area contributed by atoms with Crippen LogP contribution in [-0.2, 0) is 11.3 Å². The number of aromatic nitrogens is 3. The molecule has 34 heavy (non-hydrogen) atoms. The molecule has 7 heteroatoms. The number of benzene rings is 3. The van der Waals surface area contributed by atoms with Crippen LogP contribution in [0.5, 0.6) is 0 Å². The van der Waals surface area contributed by atoms with Crippen molar-refractivity contribution < 1.29 is 9.18 Å². The third-order valence-electron chi connectivity index (χ3n) is 5.28. The molecule has 0 aliphatic heterocycles. The highest BCUT2D eigenvalue weighted by Gasteiger charge is 2.20. The number of nitrogens with one attached hydrogen (secondary N) is 1. The Balaban J connectivity index is 1.52. The Morgan fingerprint density at radius 1 is 0.912 bits per heavy atom. The van der Waals surface area contributed by atoms with E-state index in [9.17, 15) is 9.18 Å². The molecule has 0 bridgehead atoms. The molecule has 5 nitrogen and oxygen atoms in total. The van der Waals surface area contributed by atoms with Crippen molar-refractivity contribution in [3.63, 3.8) is 0 Å². The van der Waals surface area contributed by atoms with Gasteiger partial charge in [0.15, 0.2) is 11.0 Å². The number of halogens is 1. The molecule has 0 radical (unpaired) electrons. The maximum atomic E-state index is 14.4. The van der Waals surface area contributed by atoms with Gasteiger partial charge < -0.3 is 9.88 Å². The van der Waals surface area contributed by atoms with Gasteiger partial charge in [-0.25, -0.2) is 4.39 Å². The van der Waals surface area contributed by atoms with Crippen LogP contribution in [0.4, 0.5) is 4.39 Å². The van der Waals surface area contributed by atoms with E-state index in [0.29, 0.717) is 29.0 Å². The standard InChI is InChI=1S/C27H27FN4OS/c1-19(2)17-32-26(22-15-9-10-16-23(22)28)30-31-27(32)34-18-24(33)29-25(20-11-5-3-6-12-20)21-13-7-4-8-14-21/h3-16,19,25H,17-18H2,1-2H3,(H,29,33). The number of amides is 1. The van der Waals surface area contributed by atoms with Crippen LogP contribution < -0.4 is 5.32 Å². The minimum atomic E-state index is -0.345. The Hall–Kier alpha value is -3.45. The van der Waals surface area contributed by atoms with Gasteiger partial charge in [-0.05, 0) is 29.2 Å². The highest BCUT2D eigenvalue weighted by Crippen LogP contribution is 2.27. The molecule has 4 aromatic rings. The Morgan fingerprint density at radius 3 is 2.09 bits per heavy atom. The zero-order valence-electron chi connectivity index (χ0n) is 19.2. The fourth-order valence-electron chi connectivity index (χ4n) is 3.75. The van der Waals surface area contributed by atoms with Crippen LogP contribution in [-0.4, -0.2) is 26.4 Å². The monoisotopic (exact) mass is 474 g/mol. The average Bonchev–Trinajstić information content (AvgIpc) is 3.24. The van der Waals surface area contributed by atoms with E-state index in [4.69, 9.17) is 0 Å². The summed E-state index contributed by atoms with van der Waals surface area (Å²) in [6, 6.07) is 26.1. The molecule has 0 unspecified atom stereocenters. The van der Waals surface area contributed by atoms with Gasteiger partial charge in [0.2, 0.25) is 5.91 Å². The van der Waals surface area contributed by atoms with E-state index in [1.54, 1.807) is 18.2 Å². The van der Waals surface area contributed by atoms with Crippen molar-refractivity contribution in [2.45, 2.75) is 31.6 Å². The van der Waals surface area contributed by atoms with Crippen LogP contribution in [0.25, 0.3) is 11.4 Å². The number of rotatable bonds is 9. The normalized spacial score (nSPS) is 11.2. The molecule has 1 heterocycles. The lowest BCUT2D eigenvalue weighted by Crippen LogP contribution is -2.30. The smallest absolute Gasteiger partial charge is 0.231 e. The fraction of sp³-hybridized carbons (Fsp3) is 0.222. The summed E-state index contributed by atoms with van der Waals surface area (Å²) in [5, 5.41) is 12.3. The van der Waals surface area contributed by atoms with E-state index in [1.165, 1.54) is 17.8 Å². The number of hydrogen-bond donors (Lipinski definition) is 1. The molecule has 1 amide bonds. The number of thioether (sulfide) groups is 1. The van der Waals surface area contributed by atoms with Gasteiger partial charge in [-0.1, -0.05) is 98.4 Å². The molecular weight excluding hydrogens is 447 g/mol. The van der Waals surface area contributed by atoms with Crippen molar-refractivity contribution in [3.8, 4) is 11.4 Å². The maximum absolute atomic E-state index is 14.4. The van der Waals surface area contributed by atoms with E-state index in [2.05, 4.69) is 29.4 Å². The minimum Gasteiger partial charge on any atom is -0.344 e. The van der Waals surface area contributed by atoms with Crippen molar-refractivity contribution in [2.75, 3.05) is 5.75 Å². The Labute approximate surface area is 203 Å². The van der Waals surface area contributed by atoms with Crippen LogP contribution in [0.1, 0.15) is 31.0 Å². The molecule has 0 aliphatic rings. The lowest BCUT2D eigenvalue weighted by Gasteiger charge is -2.20. The van der Waals surface area contributed by atoms with Gasteiger partial charge in [0.25, 0.3) is 0 Å². The molecule has 0 fully saturated rings. The predicted octanol–water partition coefficient (Wildman–Crippen LogP) is 5.74. The van der Waals surface area contributed by atoms with Crippen LogP contribution in [0, 0.1) is 11.7 Å². The predicted molar refractivity (Wildman–Crippen MR) is 134 cm³/mol. The zero-order valence-corrected chi connectivity index (χ0v) is 20.0. The van der Waals surface area contributed by atoms with E-state index >= 15 is 0 Å². The molecule has 3 aromatic carbocycles. The SMILES string of the molecule is CC(C)Cn1c(SCC(=O)NC(c2ccccc2)c2ccccc2)nnc1-c1ccccc1F. The van der Waals surface area contributed by atoms with E-state index in [0.717, 1.165) is 11.1 Å². The number of nitrogens with zero attached hydrogens (tertiary/aromatic N) is 3. The first-order chi connectivity index (χ1) is 16.5. The Morgan fingerprint density at radius 2 is 1.50 bits per heavy atom. The average molecular weight is 475 g/mol. The summed E-state index contributed by atoms with van der Waals surface area (Å²) in [5.41, 5.74) is 2.42. The van der Waals surface area contributed by atoms with Gasteiger partial charge >= 0.3 is 0 Å². The van der Waals surface area contributed by atoms with Crippen LogP contribution in [0.3, 0.4) is 0 Å². The first kappa shape index (κ1) is 23.7. The number of carbonyl (C=O) groups excluding carboxylic acids is 1. The molecule has 174 valence electrons. The van der Waals surface area contributed by atoms with Gasteiger partial charge in [-0.15, -0.1) is 10.2 Å². The highest BCUT2D eigenvalue weighted by molar-refractivity contribution is 7.99. The first-order valence-electron chi connectivity index (χ1n) is 11.2.